The quantitative estimate of drug-likeness (QED) is 0.142. The monoisotopic (exact) mass is 751 g/mol. The molecule has 5 rings (SSSR count). The van der Waals surface area contributed by atoms with Crippen LogP contribution in [0.2, 0.25) is 10.0 Å². The number of aryl methyl sites for hydroxylation is 1. The molecule has 270 valence electrons. The van der Waals surface area contributed by atoms with Crippen LogP contribution in [-0.4, -0.2) is 58.0 Å². The van der Waals surface area contributed by atoms with Crippen LogP contribution in [0, 0.1) is 6.92 Å². The number of hydrogen-bond acceptors (Lipinski definition) is 6. The number of carbonyl (C=O) groups excluding carboxylic acids is 2. The van der Waals surface area contributed by atoms with Crippen LogP contribution >= 0.6 is 23.2 Å². The Morgan fingerprint density at radius 1 is 0.824 bits per heavy atom. The lowest BCUT2D eigenvalue weighted by Gasteiger charge is -2.35. The molecule has 9 nitrogen and oxygen atoms in total. The number of hydrogen-bond donors (Lipinski definition) is 1. The van der Waals surface area contributed by atoms with Gasteiger partial charge in [0.15, 0.2) is 11.5 Å². The van der Waals surface area contributed by atoms with E-state index in [2.05, 4.69) is 5.32 Å². The maximum absolute atomic E-state index is 14.8. The van der Waals surface area contributed by atoms with E-state index in [0.717, 1.165) is 47.5 Å². The number of sulfonamides is 1. The number of rotatable bonds is 14. The van der Waals surface area contributed by atoms with Crippen molar-refractivity contribution in [2.75, 3.05) is 25.1 Å². The molecule has 4 aromatic rings. The Morgan fingerprint density at radius 3 is 2.16 bits per heavy atom. The number of anilines is 1. The predicted molar refractivity (Wildman–Crippen MR) is 201 cm³/mol. The molecule has 0 heterocycles. The fraction of sp³-hybridized carbons (Fsp3) is 0.333. The SMILES string of the molecule is COc1ccc(N(CC(=O)N(Cc2ccc(Cl)c(Cl)c2)C(Cc2ccccc2)C(=O)NC2CCCCC2)S(=O)(=O)c2ccc(C)cc2)cc1OC. The van der Waals surface area contributed by atoms with Gasteiger partial charge in [-0.3, -0.25) is 13.9 Å². The Morgan fingerprint density at radius 2 is 1.51 bits per heavy atom. The lowest BCUT2D eigenvalue weighted by Crippen LogP contribution is -2.55. The van der Waals surface area contributed by atoms with Gasteiger partial charge in [-0.2, -0.15) is 0 Å². The molecule has 1 unspecified atom stereocenters. The van der Waals surface area contributed by atoms with Gasteiger partial charge in [0.05, 0.1) is 34.8 Å². The molecule has 0 saturated heterocycles. The third-order valence-electron chi connectivity index (χ3n) is 9.10. The minimum absolute atomic E-state index is 0.00240. The van der Waals surface area contributed by atoms with Gasteiger partial charge < -0.3 is 19.7 Å². The summed E-state index contributed by atoms with van der Waals surface area (Å²) in [5.41, 5.74) is 2.53. The Kier molecular flexibility index (Phi) is 12.9. The number of ether oxygens (including phenoxy) is 2. The van der Waals surface area contributed by atoms with Crippen molar-refractivity contribution in [3.05, 3.63) is 118 Å². The van der Waals surface area contributed by atoms with Gasteiger partial charge in [-0.15, -0.1) is 0 Å². The lowest BCUT2D eigenvalue weighted by atomic mass is 9.94. The molecule has 1 saturated carbocycles. The Balaban J connectivity index is 1.60. The summed E-state index contributed by atoms with van der Waals surface area (Å²) in [4.78, 5) is 30.6. The zero-order valence-corrected chi connectivity index (χ0v) is 31.3. The average Bonchev–Trinajstić information content (AvgIpc) is 3.14. The maximum Gasteiger partial charge on any atom is 0.264 e. The second kappa shape index (κ2) is 17.3. The fourth-order valence-electron chi connectivity index (χ4n) is 6.28. The molecule has 51 heavy (non-hydrogen) atoms. The normalized spacial score (nSPS) is 14.0. The molecule has 12 heteroatoms. The van der Waals surface area contributed by atoms with E-state index in [4.69, 9.17) is 32.7 Å². The van der Waals surface area contributed by atoms with Crippen LogP contribution in [0.3, 0.4) is 0 Å². The molecule has 0 spiro atoms. The first-order valence-corrected chi connectivity index (χ1v) is 19.1. The van der Waals surface area contributed by atoms with E-state index in [9.17, 15) is 18.0 Å². The van der Waals surface area contributed by atoms with Crippen molar-refractivity contribution in [2.45, 2.75) is 69.0 Å². The largest absolute Gasteiger partial charge is 0.493 e. The Bertz CT molecular complexity index is 1920. The molecular weight excluding hydrogens is 709 g/mol. The van der Waals surface area contributed by atoms with Crippen molar-refractivity contribution in [3.63, 3.8) is 0 Å². The van der Waals surface area contributed by atoms with Gasteiger partial charge in [-0.25, -0.2) is 8.42 Å². The summed E-state index contributed by atoms with van der Waals surface area (Å²) in [6.45, 7) is 1.21. The summed E-state index contributed by atoms with van der Waals surface area (Å²) in [5, 5.41) is 3.85. The lowest BCUT2D eigenvalue weighted by molar-refractivity contribution is -0.140. The number of nitrogens with zero attached hydrogens (tertiary/aromatic N) is 2. The van der Waals surface area contributed by atoms with Gasteiger partial charge in [0.25, 0.3) is 10.0 Å². The predicted octanol–water partition coefficient (Wildman–Crippen LogP) is 7.60. The van der Waals surface area contributed by atoms with Crippen LogP contribution in [-0.2, 0) is 32.6 Å². The molecule has 0 radical (unpaired) electrons. The maximum atomic E-state index is 14.8. The molecule has 1 aliphatic rings. The molecule has 1 N–H and O–H groups in total. The van der Waals surface area contributed by atoms with Crippen molar-refractivity contribution in [1.82, 2.24) is 10.2 Å². The van der Waals surface area contributed by atoms with Crippen LogP contribution < -0.4 is 19.1 Å². The molecule has 1 atom stereocenters. The number of amides is 2. The highest BCUT2D eigenvalue weighted by Crippen LogP contribution is 2.34. The molecule has 0 aromatic heterocycles. The average molecular weight is 753 g/mol. The second-order valence-corrected chi connectivity index (χ2v) is 15.4. The van der Waals surface area contributed by atoms with Gasteiger partial charge >= 0.3 is 0 Å². The standard InChI is InChI=1S/C39H43Cl2N3O6S/c1-27-14-18-32(19-15-27)51(47,48)44(31-17-21-36(49-2)37(24-31)50-3)26-38(45)43(25-29-16-20-33(40)34(41)22-29)35(23-28-10-6-4-7-11-28)39(46)42-30-12-8-5-9-13-30/h4,6-7,10-11,14-22,24,30,35H,5,8-9,12-13,23,25-26H2,1-3H3,(H,42,46). The number of benzene rings is 4. The van der Waals surface area contributed by atoms with Crippen molar-refractivity contribution in [3.8, 4) is 11.5 Å². The van der Waals surface area contributed by atoms with Gasteiger partial charge in [-0.1, -0.05) is 96.6 Å². The van der Waals surface area contributed by atoms with Gasteiger partial charge in [0.2, 0.25) is 11.8 Å². The number of carbonyl (C=O) groups is 2. The summed E-state index contributed by atoms with van der Waals surface area (Å²) in [6.07, 6.45) is 5.05. The van der Waals surface area contributed by atoms with Crippen molar-refractivity contribution in [1.29, 1.82) is 0 Å². The van der Waals surface area contributed by atoms with E-state index < -0.39 is 28.5 Å². The molecule has 0 aliphatic heterocycles. The van der Waals surface area contributed by atoms with Gasteiger partial charge in [-0.05, 0) is 67.3 Å². The van der Waals surface area contributed by atoms with Crippen LogP contribution in [0.5, 0.6) is 11.5 Å². The smallest absolute Gasteiger partial charge is 0.264 e. The van der Waals surface area contributed by atoms with Crippen molar-refractivity contribution >= 4 is 50.7 Å². The van der Waals surface area contributed by atoms with Crippen LogP contribution in [0.25, 0.3) is 0 Å². The first kappa shape index (κ1) is 38.0. The van der Waals surface area contributed by atoms with Gasteiger partial charge in [0, 0.05) is 25.1 Å². The summed E-state index contributed by atoms with van der Waals surface area (Å²) in [5.74, 6) is -0.221. The summed E-state index contributed by atoms with van der Waals surface area (Å²) < 4.78 is 40.8. The molecule has 1 fully saturated rings. The van der Waals surface area contributed by atoms with E-state index in [1.165, 1.54) is 37.3 Å². The van der Waals surface area contributed by atoms with Crippen LogP contribution in [0.1, 0.15) is 48.8 Å². The zero-order valence-electron chi connectivity index (χ0n) is 29.0. The summed E-state index contributed by atoms with van der Waals surface area (Å²) >= 11 is 12.7. The zero-order chi connectivity index (χ0) is 36.5. The molecule has 1 aliphatic carbocycles. The van der Waals surface area contributed by atoms with E-state index >= 15 is 0 Å². The summed E-state index contributed by atoms with van der Waals surface area (Å²) in [7, 11) is -1.38. The molecule has 4 aromatic carbocycles. The van der Waals surface area contributed by atoms with E-state index in [1.54, 1.807) is 42.5 Å². The minimum atomic E-state index is -4.31. The van der Waals surface area contributed by atoms with Gasteiger partial charge in [0.1, 0.15) is 12.6 Å². The van der Waals surface area contributed by atoms with Crippen molar-refractivity contribution in [2.24, 2.45) is 0 Å². The highest BCUT2D eigenvalue weighted by Gasteiger charge is 2.36. The van der Waals surface area contributed by atoms with E-state index in [0.29, 0.717) is 21.4 Å². The third kappa shape index (κ3) is 9.55. The third-order valence-corrected chi connectivity index (χ3v) is 11.6. The number of nitrogens with one attached hydrogen (secondary N) is 1. The minimum Gasteiger partial charge on any atom is -0.493 e. The molecule has 0 bridgehead atoms. The first-order valence-electron chi connectivity index (χ1n) is 16.9. The highest BCUT2D eigenvalue weighted by molar-refractivity contribution is 7.92. The topological polar surface area (TPSA) is 105 Å². The highest BCUT2D eigenvalue weighted by atomic mass is 35.5. The van der Waals surface area contributed by atoms with E-state index in [-0.39, 0.29) is 41.2 Å². The van der Waals surface area contributed by atoms with Crippen LogP contribution in [0.15, 0.2) is 95.9 Å². The number of halogens is 2. The molecule has 2 amide bonds. The first-order chi connectivity index (χ1) is 24.5. The Labute approximate surface area is 310 Å². The molecular formula is C39H43Cl2N3O6S. The summed E-state index contributed by atoms with van der Waals surface area (Å²) in [6, 6.07) is 24.5. The van der Waals surface area contributed by atoms with E-state index in [1.807, 2.05) is 37.3 Å². The van der Waals surface area contributed by atoms with Crippen molar-refractivity contribution < 1.29 is 27.5 Å². The Hall–Kier alpha value is -4.25. The second-order valence-electron chi connectivity index (χ2n) is 12.7. The van der Waals surface area contributed by atoms with Crippen LogP contribution in [0.4, 0.5) is 5.69 Å². The fourth-order valence-corrected chi connectivity index (χ4v) is 8.01. The number of methoxy groups -OCH3 is 2.